The lowest BCUT2D eigenvalue weighted by molar-refractivity contribution is -0.140. The Labute approximate surface area is 130 Å². The summed E-state index contributed by atoms with van der Waals surface area (Å²) in [6.45, 7) is 2.08. The normalized spacial score (nSPS) is 12.3. The fourth-order valence-corrected chi connectivity index (χ4v) is 2.54. The van der Waals surface area contributed by atoms with E-state index >= 15 is 0 Å². The van der Waals surface area contributed by atoms with Crippen molar-refractivity contribution < 1.29 is 9.53 Å². The average molecular weight is 305 g/mol. The lowest BCUT2D eigenvalue weighted by atomic mass is 10.0. The van der Waals surface area contributed by atoms with Gasteiger partial charge in [0.15, 0.2) is 0 Å². The molecule has 3 heteroatoms. The van der Waals surface area contributed by atoms with Crippen LogP contribution in [0.25, 0.3) is 0 Å². The monoisotopic (exact) mass is 304 g/mol. The first-order valence-electron chi connectivity index (χ1n) is 8.37. The van der Waals surface area contributed by atoms with Gasteiger partial charge in [-0.2, -0.15) is 0 Å². The molecule has 0 aromatic carbocycles. The van der Waals surface area contributed by atoms with Gasteiger partial charge in [0.05, 0.1) is 7.11 Å². The maximum absolute atomic E-state index is 10.9. The molecule has 0 radical (unpaired) electrons. The first-order valence-corrected chi connectivity index (χ1v) is 8.81. The van der Waals surface area contributed by atoms with Crippen molar-refractivity contribution in [2.75, 3.05) is 7.11 Å². The maximum atomic E-state index is 10.9. The van der Waals surface area contributed by atoms with Gasteiger partial charge in [-0.25, -0.2) is 0 Å². The molecule has 2 nitrogen and oxygen atoms in total. The van der Waals surface area contributed by atoms with Crippen LogP contribution in [0.2, 0.25) is 0 Å². The molecular weight excluding hydrogens is 272 g/mol. The third kappa shape index (κ3) is 15.8. The van der Waals surface area contributed by atoms with Crippen molar-refractivity contribution in [3.63, 3.8) is 0 Å². The Bertz CT molecular complexity index is 217. The fourth-order valence-electron chi connectivity index (χ4n) is 2.39. The van der Waals surface area contributed by atoms with Crippen molar-refractivity contribution in [3.05, 3.63) is 0 Å². The number of carbonyl (C=O) groups excluding carboxylic acids is 1. The number of rotatable bonds is 14. The lowest BCUT2D eigenvalue weighted by Gasteiger charge is -2.04. The SMILES string of the molecule is COC(=O)CCCCCCCCCCCCCC(C)Cl. The average Bonchev–Trinajstić information content (AvgIpc) is 2.43. The quantitative estimate of drug-likeness (QED) is 0.228. The predicted octanol–water partition coefficient (Wildman–Crippen LogP) is 5.86. The Morgan fingerprint density at radius 1 is 0.850 bits per heavy atom. The summed E-state index contributed by atoms with van der Waals surface area (Å²) in [5.41, 5.74) is 0. The second kappa shape index (κ2) is 15.2. The molecule has 0 amide bonds. The fraction of sp³-hybridized carbons (Fsp3) is 0.941. The smallest absolute Gasteiger partial charge is 0.305 e. The molecule has 0 aromatic rings. The molecule has 1 unspecified atom stereocenters. The van der Waals surface area contributed by atoms with Crippen molar-refractivity contribution in [3.8, 4) is 0 Å². The minimum absolute atomic E-state index is 0.0754. The molecule has 20 heavy (non-hydrogen) atoms. The largest absolute Gasteiger partial charge is 0.469 e. The summed E-state index contributed by atoms with van der Waals surface area (Å²) in [5.74, 6) is -0.0754. The highest BCUT2D eigenvalue weighted by molar-refractivity contribution is 6.20. The van der Waals surface area contributed by atoms with E-state index in [0.717, 1.165) is 19.3 Å². The van der Waals surface area contributed by atoms with E-state index in [0.29, 0.717) is 11.8 Å². The number of unbranched alkanes of at least 4 members (excludes halogenated alkanes) is 10. The number of halogens is 1. The highest BCUT2D eigenvalue weighted by Crippen LogP contribution is 2.14. The van der Waals surface area contributed by atoms with Crippen LogP contribution in [0, 0.1) is 0 Å². The van der Waals surface area contributed by atoms with Crippen LogP contribution in [-0.2, 0) is 9.53 Å². The van der Waals surface area contributed by atoms with E-state index < -0.39 is 0 Å². The number of esters is 1. The molecule has 0 aliphatic rings. The summed E-state index contributed by atoms with van der Waals surface area (Å²) in [6, 6.07) is 0. The highest BCUT2D eigenvalue weighted by Gasteiger charge is 1.99. The third-order valence-electron chi connectivity index (χ3n) is 3.71. The van der Waals surface area contributed by atoms with Crippen LogP contribution in [0.4, 0.5) is 0 Å². The number of ether oxygens (including phenoxy) is 1. The Hall–Kier alpha value is -0.240. The van der Waals surface area contributed by atoms with E-state index in [9.17, 15) is 4.79 Å². The molecule has 0 rings (SSSR count). The van der Waals surface area contributed by atoms with E-state index in [-0.39, 0.29) is 5.97 Å². The summed E-state index contributed by atoms with van der Waals surface area (Å²) < 4.78 is 4.62. The Balaban J connectivity index is 3.01. The van der Waals surface area contributed by atoms with Crippen LogP contribution in [0.5, 0.6) is 0 Å². The van der Waals surface area contributed by atoms with Crippen LogP contribution in [0.3, 0.4) is 0 Å². The van der Waals surface area contributed by atoms with E-state index in [1.807, 2.05) is 0 Å². The first kappa shape index (κ1) is 19.8. The molecule has 120 valence electrons. The van der Waals surface area contributed by atoms with Gasteiger partial charge in [-0.1, -0.05) is 64.2 Å². The van der Waals surface area contributed by atoms with Gasteiger partial charge in [-0.15, -0.1) is 11.6 Å². The zero-order valence-corrected chi connectivity index (χ0v) is 14.2. The standard InChI is InChI=1S/C17H33ClO2/c1-16(18)14-12-10-8-6-4-3-5-7-9-11-13-15-17(19)20-2/h16H,3-15H2,1-2H3. The first-order chi connectivity index (χ1) is 9.66. The molecule has 0 spiro atoms. The number of hydrogen-bond donors (Lipinski definition) is 0. The van der Waals surface area contributed by atoms with E-state index in [1.54, 1.807) is 0 Å². The van der Waals surface area contributed by atoms with Gasteiger partial charge < -0.3 is 4.74 Å². The van der Waals surface area contributed by atoms with Crippen molar-refractivity contribution in [2.24, 2.45) is 0 Å². The van der Waals surface area contributed by atoms with Gasteiger partial charge in [0, 0.05) is 11.8 Å². The van der Waals surface area contributed by atoms with E-state index in [4.69, 9.17) is 11.6 Å². The Morgan fingerprint density at radius 3 is 1.65 bits per heavy atom. The van der Waals surface area contributed by atoms with Gasteiger partial charge in [-0.3, -0.25) is 4.79 Å². The molecular formula is C17H33ClO2. The zero-order chi connectivity index (χ0) is 15.1. The van der Waals surface area contributed by atoms with Crippen molar-refractivity contribution in [1.82, 2.24) is 0 Å². The van der Waals surface area contributed by atoms with Crippen molar-refractivity contribution in [2.45, 2.75) is 95.8 Å². The van der Waals surface area contributed by atoms with Gasteiger partial charge in [0.1, 0.15) is 0 Å². The van der Waals surface area contributed by atoms with Gasteiger partial charge in [0.2, 0.25) is 0 Å². The summed E-state index contributed by atoms with van der Waals surface area (Å²) >= 11 is 5.91. The molecule has 0 fully saturated rings. The molecule has 0 aromatic heterocycles. The maximum Gasteiger partial charge on any atom is 0.305 e. The highest BCUT2D eigenvalue weighted by atomic mass is 35.5. The minimum Gasteiger partial charge on any atom is -0.469 e. The number of hydrogen-bond acceptors (Lipinski definition) is 2. The second-order valence-electron chi connectivity index (χ2n) is 5.78. The predicted molar refractivity (Wildman–Crippen MR) is 87.4 cm³/mol. The number of methoxy groups -OCH3 is 1. The Kier molecular flexibility index (Phi) is 15.0. The van der Waals surface area contributed by atoms with Crippen LogP contribution >= 0.6 is 11.6 Å². The molecule has 0 aliphatic heterocycles. The number of alkyl halides is 1. The second-order valence-corrected chi connectivity index (χ2v) is 6.53. The van der Waals surface area contributed by atoms with Gasteiger partial charge in [-0.05, 0) is 19.8 Å². The number of carbonyl (C=O) groups is 1. The zero-order valence-electron chi connectivity index (χ0n) is 13.5. The summed E-state index contributed by atoms with van der Waals surface area (Å²) in [7, 11) is 1.46. The van der Waals surface area contributed by atoms with Crippen LogP contribution in [-0.4, -0.2) is 18.5 Å². The molecule has 0 N–H and O–H groups in total. The van der Waals surface area contributed by atoms with Crippen molar-refractivity contribution in [1.29, 1.82) is 0 Å². The molecule has 0 aliphatic carbocycles. The van der Waals surface area contributed by atoms with Crippen LogP contribution < -0.4 is 0 Å². The van der Waals surface area contributed by atoms with Gasteiger partial charge >= 0.3 is 5.97 Å². The molecule has 1 atom stereocenters. The Morgan fingerprint density at radius 2 is 1.25 bits per heavy atom. The van der Waals surface area contributed by atoms with Crippen LogP contribution in [0.15, 0.2) is 0 Å². The van der Waals surface area contributed by atoms with Crippen LogP contribution in [0.1, 0.15) is 90.4 Å². The van der Waals surface area contributed by atoms with E-state index in [2.05, 4.69) is 11.7 Å². The summed E-state index contributed by atoms with van der Waals surface area (Å²) in [6.07, 6.45) is 15.9. The molecule has 0 saturated carbocycles. The molecule has 0 bridgehead atoms. The lowest BCUT2D eigenvalue weighted by Crippen LogP contribution is -1.99. The van der Waals surface area contributed by atoms with Gasteiger partial charge in [0.25, 0.3) is 0 Å². The topological polar surface area (TPSA) is 26.3 Å². The summed E-state index contributed by atoms with van der Waals surface area (Å²) in [4.78, 5) is 10.9. The molecule has 0 heterocycles. The van der Waals surface area contributed by atoms with Crippen molar-refractivity contribution >= 4 is 17.6 Å². The minimum atomic E-state index is -0.0754. The van der Waals surface area contributed by atoms with E-state index in [1.165, 1.54) is 64.9 Å². The third-order valence-corrected chi connectivity index (χ3v) is 3.93. The summed E-state index contributed by atoms with van der Waals surface area (Å²) in [5, 5.41) is 0.342. The molecule has 0 saturated heterocycles.